The predicted molar refractivity (Wildman–Crippen MR) is 133 cm³/mol. The number of hydrogen-bond donors (Lipinski definition) is 2. The lowest BCUT2D eigenvalue weighted by Crippen LogP contribution is -2.14. The second-order valence-corrected chi connectivity index (χ2v) is 10.1. The Kier molecular flexibility index (Phi) is 5.60. The molecule has 3 heterocycles. The van der Waals surface area contributed by atoms with Crippen molar-refractivity contribution in [3.8, 4) is 11.3 Å². The molecule has 0 unspecified atom stereocenters. The molecule has 0 bridgehead atoms. The molecule has 0 aliphatic carbocycles. The van der Waals surface area contributed by atoms with Crippen LogP contribution in [0, 0.1) is 6.92 Å². The highest BCUT2D eigenvalue weighted by Crippen LogP contribution is 2.28. The Balaban J connectivity index is 1.32. The lowest BCUT2D eigenvalue weighted by atomic mass is 10.2. The normalized spacial score (nSPS) is 11.4. The van der Waals surface area contributed by atoms with Crippen LogP contribution in [0.5, 0.6) is 0 Å². The highest BCUT2D eigenvalue weighted by molar-refractivity contribution is 7.92. The Hall–Kier alpha value is -4.02. The molecule has 0 saturated carbocycles. The number of pyridine rings is 1. The van der Waals surface area contributed by atoms with E-state index in [-0.39, 0.29) is 16.6 Å². The van der Waals surface area contributed by atoms with Gasteiger partial charge in [0, 0.05) is 29.3 Å². The van der Waals surface area contributed by atoms with E-state index in [1.807, 2.05) is 47.9 Å². The van der Waals surface area contributed by atoms with Gasteiger partial charge in [-0.2, -0.15) is 0 Å². The summed E-state index contributed by atoms with van der Waals surface area (Å²) in [6.07, 6.45) is 3.42. The molecule has 0 fully saturated rings. The molecule has 0 spiro atoms. The molecule has 5 aromatic rings. The topological polar surface area (TPSA) is 105 Å². The van der Waals surface area contributed by atoms with Crippen molar-refractivity contribution in [1.82, 2.24) is 14.4 Å². The molecule has 2 N–H and O–H groups in total. The van der Waals surface area contributed by atoms with Crippen molar-refractivity contribution in [2.75, 3.05) is 10.0 Å². The zero-order valence-electron chi connectivity index (χ0n) is 18.0. The van der Waals surface area contributed by atoms with Gasteiger partial charge in [-0.15, -0.1) is 0 Å². The minimum Gasteiger partial charge on any atom is -0.321 e. The smallest absolute Gasteiger partial charge is 0.267 e. The number of amides is 1. The molecular formula is C24H19N5O3S2. The Morgan fingerprint density at radius 1 is 0.971 bits per heavy atom. The van der Waals surface area contributed by atoms with Crippen LogP contribution in [0.15, 0.2) is 90.1 Å². The summed E-state index contributed by atoms with van der Waals surface area (Å²) in [6, 6.07) is 20.8. The van der Waals surface area contributed by atoms with E-state index in [1.54, 1.807) is 30.3 Å². The molecule has 34 heavy (non-hydrogen) atoms. The van der Waals surface area contributed by atoms with Gasteiger partial charge in [-0.25, -0.2) is 18.4 Å². The largest absolute Gasteiger partial charge is 0.321 e. The van der Waals surface area contributed by atoms with E-state index >= 15 is 0 Å². The maximum absolute atomic E-state index is 12.9. The molecule has 5 rings (SSSR count). The van der Waals surface area contributed by atoms with Crippen LogP contribution in [0.25, 0.3) is 16.2 Å². The summed E-state index contributed by atoms with van der Waals surface area (Å²) in [4.78, 5) is 22.8. The van der Waals surface area contributed by atoms with Crippen molar-refractivity contribution in [2.45, 2.75) is 11.8 Å². The van der Waals surface area contributed by atoms with Crippen molar-refractivity contribution in [3.05, 3.63) is 95.8 Å². The van der Waals surface area contributed by atoms with E-state index in [4.69, 9.17) is 0 Å². The van der Waals surface area contributed by atoms with Gasteiger partial charge >= 0.3 is 0 Å². The Labute approximate surface area is 200 Å². The van der Waals surface area contributed by atoms with Crippen LogP contribution in [0.1, 0.15) is 15.4 Å². The quantitative estimate of drug-likeness (QED) is 0.356. The maximum atomic E-state index is 12.9. The van der Waals surface area contributed by atoms with Gasteiger partial charge in [0.1, 0.15) is 10.7 Å². The number of thiazole rings is 1. The van der Waals surface area contributed by atoms with Crippen LogP contribution in [-0.2, 0) is 10.0 Å². The molecule has 3 aromatic heterocycles. The SMILES string of the molecule is Cc1c(C(=O)Nc2ccc(S(=O)(=O)Nc3ccccn3)cc2)sc2nc(-c3ccccc3)cn12. The second kappa shape index (κ2) is 8.73. The number of rotatable bonds is 6. The van der Waals surface area contributed by atoms with Gasteiger partial charge in [-0.05, 0) is 43.3 Å². The average Bonchev–Trinajstić information content (AvgIpc) is 3.40. The van der Waals surface area contributed by atoms with E-state index in [2.05, 4.69) is 20.0 Å². The molecule has 0 aliphatic heterocycles. The van der Waals surface area contributed by atoms with Gasteiger partial charge in [0.2, 0.25) is 0 Å². The second-order valence-electron chi connectivity index (χ2n) is 7.46. The number of nitrogens with one attached hydrogen (secondary N) is 2. The number of imidazole rings is 1. The summed E-state index contributed by atoms with van der Waals surface area (Å²) in [5.41, 5.74) is 3.12. The summed E-state index contributed by atoms with van der Waals surface area (Å²) in [5.74, 6) is -0.0510. The zero-order chi connectivity index (χ0) is 23.7. The minimum atomic E-state index is -3.79. The van der Waals surface area contributed by atoms with E-state index in [1.165, 1.54) is 29.7 Å². The zero-order valence-corrected chi connectivity index (χ0v) is 19.6. The van der Waals surface area contributed by atoms with Crippen molar-refractivity contribution < 1.29 is 13.2 Å². The number of nitrogens with zero attached hydrogens (tertiary/aromatic N) is 3. The van der Waals surface area contributed by atoms with E-state index in [9.17, 15) is 13.2 Å². The molecule has 8 nitrogen and oxygen atoms in total. The summed E-state index contributed by atoms with van der Waals surface area (Å²) in [7, 11) is -3.79. The van der Waals surface area contributed by atoms with Crippen LogP contribution in [0.3, 0.4) is 0 Å². The number of carbonyl (C=O) groups excluding carboxylic acids is 1. The first kappa shape index (κ1) is 21.8. The number of anilines is 2. The summed E-state index contributed by atoms with van der Waals surface area (Å²) in [5, 5.41) is 2.83. The van der Waals surface area contributed by atoms with Crippen molar-refractivity contribution in [2.24, 2.45) is 0 Å². The van der Waals surface area contributed by atoms with Gasteiger partial charge in [-0.3, -0.25) is 13.9 Å². The van der Waals surface area contributed by atoms with Crippen LogP contribution >= 0.6 is 11.3 Å². The number of benzene rings is 2. The van der Waals surface area contributed by atoms with Crippen molar-refractivity contribution in [3.63, 3.8) is 0 Å². The molecule has 0 saturated heterocycles. The Bertz CT molecular complexity index is 1580. The number of sulfonamides is 1. The highest BCUT2D eigenvalue weighted by Gasteiger charge is 2.19. The lowest BCUT2D eigenvalue weighted by molar-refractivity contribution is 0.102. The third-order valence-electron chi connectivity index (χ3n) is 5.16. The Morgan fingerprint density at radius 3 is 2.38 bits per heavy atom. The summed E-state index contributed by atoms with van der Waals surface area (Å²) >= 11 is 1.30. The molecular weight excluding hydrogens is 470 g/mol. The Morgan fingerprint density at radius 2 is 1.71 bits per heavy atom. The monoisotopic (exact) mass is 489 g/mol. The summed E-state index contributed by atoms with van der Waals surface area (Å²) < 4.78 is 29.4. The molecule has 170 valence electrons. The standard InChI is InChI=1S/C24H19N5O3S2/c1-16-22(33-24-27-20(15-29(16)24)17-7-3-2-4-8-17)23(30)26-18-10-12-19(13-11-18)34(31,32)28-21-9-5-6-14-25-21/h2-15H,1H3,(H,25,28)(H,26,30). The lowest BCUT2D eigenvalue weighted by Gasteiger charge is -2.09. The fourth-order valence-corrected chi connectivity index (χ4v) is 5.45. The van der Waals surface area contributed by atoms with Gasteiger partial charge < -0.3 is 5.32 Å². The average molecular weight is 490 g/mol. The minimum absolute atomic E-state index is 0.0652. The van der Waals surface area contributed by atoms with E-state index < -0.39 is 10.0 Å². The number of fused-ring (bicyclic) bond motifs is 1. The first-order valence-electron chi connectivity index (χ1n) is 10.3. The fraction of sp³-hybridized carbons (Fsp3) is 0.0417. The molecule has 10 heteroatoms. The molecule has 0 radical (unpaired) electrons. The van der Waals surface area contributed by atoms with Gasteiger partial charge in [0.05, 0.1) is 10.6 Å². The van der Waals surface area contributed by atoms with Gasteiger partial charge in [0.25, 0.3) is 15.9 Å². The number of hydrogen-bond acceptors (Lipinski definition) is 6. The molecule has 0 aliphatic rings. The van der Waals surface area contributed by atoms with Crippen molar-refractivity contribution >= 4 is 43.7 Å². The van der Waals surface area contributed by atoms with Crippen LogP contribution < -0.4 is 10.0 Å². The van der Waals surface area contributed by atoms with Crippen LogP contribution in [0.2, 0.25) is 0 Å². The molecule has 1 amide bonds. The summed E-state index contributed by atoms with van der Waals surface area (Å²) in [6.45, 7) is 1.87. The van der Waals surface area contributed by atoms with Gasteiger partial charge in [-0.1, -0.05) is 47.7 Å². The number of carbonyl (C=O) groups is 1. The third kappa shape index (κ3) is 4.28. The van der Waals surface area contributed by atoms with Crippen LogP contribution in [0.4, 0.5) is 11.5 Å². The highest BCUT2D eigenvalue weighted by atomic mass is 32.2. The number of aromatic nitrogens is 3. The van der Waals surface area contributed by atoms with E-state index in [0.717, 1.165) is 21.9 Å². The third-order valence-corrected chi connectivity index (χ3v) is 7.69. The fourth-order valence-electron chi connectivity index (χ4n) is 3.43. The number of aryl methyl sites for hydroxylation is 1. The maximum Gasteiger partial charge on any atom is 0.267 e. The predicted octanol–water partition coefficient (Wildman–Crippen LogP) is 4.82. The first-order chi connectivity index (χ1) is 16.4. The molecule has 0 atom stereocenters. The van der Waals surface area contributed by atoms with Crippen molar-refractivity contribution in [1.29, 1.82) is 0 Å². The van der Waals surface area contributed by atoms with E-state index in [0.29, 0.717) is 10.6 Å². The first-order valence-corrected chi connectivity index (χ1v) is 12.6. The molecule has 2 aromatic carbocycles. The van der Waals surface area contributed by atoms with Gasteiger partial charge in [0.15, 0.2) is 4.96 Å². The van der Waals surface area contributed by atoms with Crippen LogP contribution in [-0.4, -0.2) is 28.7 Å².